The first-order valence-corrected chi connectivity index (χ1v) is 11.6. The highest BCUT2D eigenvalue weighted by atomic mass is 35.5. The van der Waals surface area contributed by atoms with Crippen molar-refractivity contribution in [1.82, 2.24) is 24.8 Å². The first-order chi connectivity index (χ1) is 15.8. The third kappa shape index (κ3) is 3.23. The highest BCUT2D eigenvalue weighted by molar-refractivity contribution is 6.05. The summed E-state index contributed by atoms with van der Waals surface area (Å²) in [5, 5.41) is 2.53. The molecule has 1 unspecified atom stereocenters. The van der Waals surface area contributed by atoms with Gasteiger partial charge in [-0.3, -0.25) is 0 Å². The van der Waals surface area contributed by atoms with Gasteiger partial charge in [0, 0.05) is 59.1 Å². The van der Waals surface area contributed by atoms with E-state index in [9.17, 15) is 0 Å². The van der Waals surface area contributed by atoms with Gasteiger partial charge in [-0.15, -0.1) is 12.4 Å². The highest BCUT2D eigenvalue weighted by Gasteiger charge is 2.36. The fourth-order valence-electron chi connectivity index (χ4n) is 6.08. The zero-order valence-corrected chi connectivity index (χ0v) is 19.5. The quantitative estimate of drug-likeness (QED) is 0.337. The van der Waals surface area contributed by atoms with Crippen molar-refractivity contribution in [3.8, 4) is 5.75 Å². The Morgan fingerprint density at radius 2 is 1.85 bits per heavy atom. The number of ether oxygens (including phenoxy) is 1. The molecule has 0 spiro atoms. The Morgan fingerprint density at radius 3 is 2.64 bits per heavy atom. The minimum Gasteiger partial charge on any atom is -0.497 e. The molecular formula is C26H28ClN5O. The number of piperidine rings is 3. The van der Waals surface area contributed by atoms with Gasteiger partial charge >= 0.3 is 0 Å². The Balaban J connectivity index is 0.00000206. The number of benzene rings is 2. The second kappa shape index (κ2) is 7.82. The Hall–Kier alpha value is -2.96. The van der Waals surface area contributed by atoms with Crippen molar-refractivity contribution in [3.05, 3.63) is 59.7 Å². The Kier molecular flexibility index (Phi) is 4.89. The van der Waals surface area contributed by atoms with Crippen LogP contribution < -0.4 is 4.74 Å². The molecule has 6 heterocycles. The number of aromatic nitrogens is 4. The lowest BCUT2D eigenvalue weighted by atomic mass is 9.75. The summed E-state index contributed by atoms with van der Waals surface area (Å²) < 4.78 is 5.36. The topological polar surface area (TPSA) is 72.7 Å². The Morgan fingerprint density at radius 1 is 1.03 bits per heavy atom. The molecule has 0 radical (unpaired) electrons. The number of hydrogen-bond acceptors (Lipinski definition) is 3. The van der Waals surface area contributed by atoms with Crippen LogP contribution in [0.5, 0.6) is 5.75 Å². The predicted molar refractivity (Wildman–Crippen MR) is 135 cm³/mol. The lowest BCUT2D eigenvalue weighted by molar-refractivity contribution is 0.0877. The van der Waals surface area contributed by atoms with Crippen molar-refractivity contribution in [3.63, 3.8) is 0 Å². The van der Waals surface area contributed by atoms with Crippen molar-refractivity contribution in [2.24, 2.45) is 5.92 Å². The fourth-order valence-corrected chi connectivity index (χ4v) is 6.08. The molecule has 3 aliphatic rings. The zero-order chi connectivity index (χ0) is 21.2. The van der Waals surface area contributed by atoms with Crippen LogP contribution in [0.1, 0.15) is 35.7 Å². The molecular weight excluding hydrogens is 434 g/mol. The van der Waals surface area contributed by atoms with E-state index in [1.54, 1.807) is 7.11 Å². The van der Waals surface area contributed by atoms with Crippen LogP contribution in [0.15, 0.2) is 42.7 Å². The summed E-state index contributed by atoms with van der Waals surface area (Å²) in [6, 6.07) is 10.5. The van der Waals surface area contributed by atoms with Crippen LogP contribution in [-0.4, -0.2) is 51.6 Å². The van der Waals surface area contributed by atoms with Crippen molar-refractivity contribution < 1.29 is 4.74 Å². The van der Waals surface area contributed by atoms with Crippen molar-refractivity contribution >= 4 is 45.2 Å². The molecule has 2 bridgehead atoms. The van der Waals surface area contributed by atoms with Gasteiger partial charge in [0.1, 0.15) is 11.6 Å². The van der Waals surface area contributed by atoms with Gasteiger partial charge in [0.15, 0.2) is 0 Å². The van der Waals surface area contributed by atoms with Crippen LogP contribution in [0.3, 0.4) is 0 Å². The molecule has 2 aromatic carbocycles. The maximum absolute atomic E-state index is 5.36. The summed E-state index contributed by atoms with van der Waals surface area (Å²) in [4.78, 5) is 18.3. The van der Waals surface area contributed by atoms with Crippen LogP contribution >= 0.6 is 12.4 Å². The van der Waals surface area contributed by atoms with Crippen LogP contribution in [0.4, 0.5) is 0 Å². The van der Waals surface area contributed by atoms with Gasteiger partial charge in [-0.2, -0.15) is 0 Å². The Labute approximate surface area is 198 Å². The number of H-pyrrole nitrogens is 3. The van der Waals surface area contributed by atoms with Crippen LogP contribution in [-0.2, 0) is 6.42 Å². The third-order valence-electron chi connectivity index (χ3n) is 7.76. The first kappa shape index (κ1) is 20.6. The highest BCUT2D eigenvalue weighted by Crippen LogP contribution is 2.42. The Bertz CT molecular complexity index is 1460. The summed E-state index contributed by atoms with van der Waals surface area (Å²) in [6.07, 6.45) is 7.75. The van der Waals surface area contributed by atoms with E-state index in [1.165, 1.54) is 59.9 Å². The van der Waals surface area contributed by atoms with Crippen molar-refractivity contribution in [2.75, 3.05) is 26.7 Å². The van der Waals surface area contributed by atoms with E-state index >= 15 is 0 Å². The number of imidazole rings is 1. The van der Waals surface area contributed by atoms with Gasteiger partial charge in [0.05, 0.1) is 18.1 Å². The summed E-state index contributed by atoms with van der Waals surface area (Å²) in [5.74, 6) is 3.28. The van der Waals surface area contributed by atoms with Crippen LogP contribution in [0, 0.1) is 5.92 Å². The van der Waals surface area contributed by atoms with Gasteiger partial charge in [-0.05, 0) is 67.2 Å². The van der Waals surface area contributed by atoms with Crippen molar-refractivity contribution in [2.45, 2.75) is 25.2 Å². The standard InChI is InChI=1S/C26H27N5O.ClH/c1-32-17-2-3-18-16(12-27-23(18)11-17)10-24-29-22-5-4-21-25(26(22)30-24)19(13-28-21)20-14-31-8-6-15(20)7-9-31;/h2-5,11-13,15,20,27-28H,6-10,14H2,1H3,(H,29,30);1H. The molecule has 3 N–H and O–H groups in total. The maximum atomic E-state index is 5.36. The normalized spacial score (nSPS) is 22.3. The number of hydrogen-bond donors (Lipinski definition) is 3. The van der Waals surface area contributed by atoms with Gasteiger partial charge in [0.2, 0.25) is 0 Å². The lowest BCUT2D eigenvalue weighted by Gasteiger charge is -2.44. The maximum Gasteiger partial charge on any atom is 0.120 e. The van der Waals surface area contributed by atoms with Crippen LogP contribution in [0.2, 0.25) is 0 Å². The summed E-state index contributed by atoms with van der Waals surface area (Å²) in [5.41, 5.74) is 7.21. The molecule has 3 aliphatic heterocycles. The van der Waals surface area contributed by atoms with Gasteiger partial charge < -0.3 is 24.6 Å². The molecule has 5 aromatic rings. The lowest BCUT2D eigenvalue weighted by Crippen LogP contribution is -2.46. The minimum atomic E-state index is 0. The van der Waals surface area contributed by atoms with Gasteiger partial charge in [0.25, 0.3) is 0 Å². The SMILES string of the molecule is COc1ccc2c(Cc3nc4c(ccc5[nH]cc(C6CN7CCC6CC7)c54)[nH]3)c[nH]c2c1.Cl. The summed E-state index contributed by atoms with van der Waals surface area (Å²) in [6.45, 7) is 3.72. The largest absolute Gasteiger partial charge is 0.497 e. The van der Waals surface area contributed by atoms with Crippen molar-refractivity contribution in [1.29, 1.82) is 0 Å². The van der Waals surface area contributed by atoms with E-state index in [0.29, 0.717) is 5.92 Å². The molecule has 0 aliphatic carbocycles. The second-order valence-corrected chi connectivity index (χ2v) is 9.46. The fraction of sp³-hybridized carbons (Fsp3) is 0.346. The second-order valence-electron chi connectivity index (χ2n) is 9.46. The van der Waals surface area contributed by atoms with Crippen LogP contribution in [0.25, 0.3) is 32.8 Å². The number of halogens is 1. The molecule has 8 rings (SSSR count). The molecule has 6 nitrogen and oxygen atoms in total. The number of aromatic amines is 3. The molecule has 0 saturated carbocycles. The average Bonchev–Trinajstić information content (AvgIpc) is 3.55. The zero-order valence-electron chi connectivity index (χ0n) is 18.6. The monoisotopic (exact) mass is 461 g/mol. The minimum absolute atomic E-state index is 0. The molecule has 3 aromatic heterocycles. The number of nitrogens with zero attached hydrogens (tertiary/aromatic N) is 2. The van der Waals surface area contributed by atoms with E-state index in [-0.39, 0.29) is 12.4 Å². The van der Waals surface area contributed by atoms with E-state index in [2.05, 4.69) is 50.4 Å². The van der Waals surface area contributed by atoms with E-state index in [1.807, 2.05) is 12.1 Å². The summed E-state index contributed by atoms with van der Waals surface area (Å²) in [7, 11) is 1.70. The summed E-state index contributed by atoms with van der Waals surface area (Å²) >= 11 is 0. The number of rotatable bonds is 4. The molecule has 7 heteroatoms. The van der Waals surface area contributed by atoms with E-state index in [0.717, 1.165) is 40.5 Å². The number of nitrogens with one attached hydrogen (secondary N) is 3. The molecule has 33 heavy (non-hydrogen) atoms. The first-order valence-electron chi connectivity index (χ1n) is 11.6. The molecule has 170 valence electrons. The van der Waals surface area contributed by atoms with Gasteiger partial charge in [-0.1, -0.05) is 0 Å². The third-order valence-corrected chi connectivity index (χ3v) is 7.76. The predicted octanol–water partition coefficient (Wildman–Crippen LogP) is 5.36. The molecule has 3 saturated heterocycles. The number of methoxy groups -OCH3 is 1. The van der Waals surface area contributed by atoms with Gasteiger partial charge in [-0.25, -0.2) is 4.98 Å². The molecule has 1 atom stereocenters. The van der Waals surface area contributed by atoms with E-state index < -0.39 is 0 Å². The number of fused-ring (bicyclic) bond motifs is 7. The molecule has 0 amide bonds. The smallest absolute Gasteiger partial charge is 0.120 e. The van der Waals surface area contributed by atoms with E-state index in [4.69, 9.17) is 9.72 Å². The molecule has 3 fully saturated rings. The average molecular weight is 462 g/mol.